The van der Waals surface area contributed by atoms with Gasteiger partial charge in [-0.05, 0) is 42.0 Å². The van der Waals surface area contributed by atoms with E-state index in [1.54, 1.807) is 0 Å². The van der Waals surface area contributed by atoms with Gasteiger partial charge in [0, 0.05) is 22.8 Å². The predicted molar refractivity (Wildman–Crippen MR) is 107 cm³/mol. The molecule has 0 aliphatic carbocycles. The van der Waals surface area contributed by atoms with Crippen LogP contribution in [0.15, 0.2) is 66.4 Å². The highest BCUT2D eigenvalue weighted by Gasteiger charge is 2.40. The Kier molecular flexibility index (Phi) is 5.24. The lowest BCUT2D eigenvalue weighted by atomic mass is 10.0. The first-order chi connectivity index (χ1) is 14.8. The Hall–Kier alpha value is -3.65. The average molecular weight is 447 g/mol. The van der Waals surface area contributed by atoms with Crippen molar-refractivity contribution in [2.75, 3.05) is 10.2 Å². The highest BCUT2D eigenvalue weighted by atomic mass is 35.5. The van der Waals surface area contributed by atoms with E-state index in [9.17, 15) is 27.2 Å². The van der Waals surface area contributed by atoms with Crippen LogP contribution in [0.5, 0.6) is 0 Å². The summed E-state index contributed by atoms with van der Waals surface area (Å²) in [5.41, 5.74) is -0.229. The van der Waals surface area contributed by atoms with Crippen molar-refractivity contribution in [1.29, 1.82) is 0 Å². The molecule has 4 rings (SSSR count). The van der Waals surface area contributed by atoms with E-state index in [2.05, 4.69) is 5.32 Å². The first-order valence-electron chi connectivity index (χ1n) is 8.82. The summed E-state index contributed by atoms with van der Waals surface area (Å²) >= 11 is 5.89. The Labute approximate surface area is 178 Å². The zero-order valence-electron chi connectivity index (χ0n) is 15.4. The van der Waals surface area contributed by atoms with Gasteiger partial charge in [0.25, 0.3) is 11.8 Å². The molecular weight excluding hydrogens is 436 g/mol. The van der Waals surface area contributed by atoms with Gasteiger partial charge >= 0.3 is 0 Å². The van der Waals surface area contributed by atoms with Crippen LogP contribution in [0, 0.1) is 23.3 Å². The summed E-state index contributed by atoms with van der Waals surface area (Å²) in [5, 5.41) is 3.02. The zero-order chi connectivity index (χ0) is 22.3. The van der Waals surface area contributed by atoms with Crippen LogP contribution in [-0.2, 0) is 9.59 Å². The smallest absolute Gasteiger partial charge is 0.282 e. The number of hydrogen-bond donors (Lipinski definition) is 1. The quantitative estimate of drug-likeness (QED) is 0.437. The number of carbonyl (C=O) groups excluding carboxylic acids is 2. The molecule has 3 aromatic rings. The van der Waals surface area contributed by atoms with Crippen LogP contribution in [0.1, 0.15) is 5.56 Å². The number of anilines is 2. The third kappa shape index (κ3) is 3.77. The molecule has 1 heterocycles. The highest BCUT2D eigenvalue weighted by molar-refractivity contribution is 6.46. The predicted octanol–water partition coefficient (Wildman–Crippen LogP) is 5.29. The minimum absolute atomic E-state index is 0.00801. The average Bonchev–Trinajstić information content (AvgIpc) is 2.97. The second kappa shape index (κ2) is 7.88. The fourth-order valence-electron chi connectivity index (χ4n) is 3.11. The maximum Gasteiger partial charge on any atom is 0.282 e. The van der Waals surface area contributed by atoms with E-state index in [1.807, 2.05) is 0 Å². The number of benzene rings is 3. The molecule has 1 aliphatic rings. The van der Waals surface area contributed by atoms with E-state index in [4.69, 9.17) is 11.6 Å². The van der Waals surface area contributed by atoms with Crippen molar-refractivity contribution in [3.8, 4) is 0 Å². The second-order valence-corrected chi connectivity index (χ2v) is 6.99. The van der Waals surface area contributed by atoms with Crippen molar-refractivity contribution in [2.24, 2.45) is 0 Å². The number of imide groups is 1. The first kappa shape index (κ1) is 20.6. The van der Waals surface area contributed by atoms with Crippen molar-refractivity contribution in [3.05, 3.63) is 100 Å². The lowest BCUT2D eigenvalue weighted by Crippen LogP contribution is -2.32. The second-order valence-electron chi connectivity index (χ2n) is 6.55. The Morgan fingerprint density at radius 2 is 1.32 bits per heavy atom. The Morgan fingerprint density at radius 1 is 0.710 bits per heavy atom. The number of nitrogens with zero attached hydrogens (tertiary/aromatic N) is 1. The summed E-state index contributed by atoms with van der Waals surface area (Å²) in [7, 11) is 0. The molecular formula is C22H11ClF4N2O2. The molecule has 9 heteroatoms. The highest BCUT2D eigenvalue weighted by Crippen LogP contribution is 2.34. The van der Waals surface area contributed by atoms with Crippen molar-refractivity contribution < 1.29 is 27.2 Å². The normalized spacial score (nSPS) is 13.9. The number of carbonyl (C=O) groups is 2. The van der Waals surface area contributed by atoms with Crippen LogP contribution in [0.25, 0.3) is 5.57 Å². The van der Waals surface area contributed by atoms with Crippen LogP contribution >= 0.6 is 11.6 Å². The van der Waals surface area contributed by atoms with Crippen LogP contribution in [0.2, 0.25) is 5.02 Å². The fourth-order valence-corrected chi connectivity index (χ4v) is 3.23. The molecule has 0 unspecified atom stereocenters. The van der Waals surface area contributed by atoms with Crippen molar-refractivity contribution >= 4 is 40.4 Å². The summed E-state index contributed by atoms with van der Waals surface area (Å²) in [6.45, 7) is 0. The maximum atomic E-state index is 13.7. The summed E-state index contributed by atoms with van der Waals surface area (Å²) in [6, 6.07) is 11.4. The minimum Gasteiger partial charge on any atom is -0.350 e. The molecule has 2 amide bonds. The molecule has 4 nitrogen and oxygen atoms in total. The van der Waals surface area contributed by atoms with Crippen molar-refractivity contribution in [2.45, 2.75) is 0 Å². The third-order valence-corrected chi connectivity index (χ3v) is 4.82. The van der Waals surface area contributed by atoms with E-state index in [-0.39, 0.29) is 22.6 Å². The summed E-state index contributed by atoms with van der Waals surface area (Å²) < 4.78 is 54.0. The van der Waals surface area contributed by atoms with Crippen molar-refractivity contribution in [3.63, 3.8) is 0 Å². The van der Waals surface area contributed by atoms with Gasteiger partial charge in [-0.15, -0.1) is 0 Å². The molecule has 156 valence electrons. The lowest BCUT2D eigenvalue weighted by Gasteiger charge is -2.15. The van der Waals surface area contributed by atoms with Crippen LogP contribution < -0.4 is 10.2 Å². The Morgan fingerprint density at radius 3 is 1.94 bits per heavy atom. The van der Waals surface area contributed by atoms with Gasteiger partial charge in [-0.25, -0.2) is 22.5 Å². The molecule has 0 saturated heterocycles. The van der Waals surface area contributed by atoms with Gasteiger partial charge in [-0.3, -0.25) is 9.59 Å². The molecule has 31 heavy (non-hydrogen) atoms. The summed E-state index contributed by atoms with van der Waals surface area (Å²) in [4.78, 5) is 26.9. The summed E-state index contributed by atoms with van der Waals surface area (Å²) in [5.74, 6) is -6.33. The van der Waals surface area contributed by atoms with Crippen LogP contribution in [0.4, 0.5) is 28.9 Å². The van der Waals surface area contributed by atoms with E-state index in [0.29, 0.717) is 21.6 Å². The Bertz CT molecular complexity index is 1260. The van der Waals surface area contributed by atoms with Gasteiger partial charge in [0.1, 0.15) is 5.70 Å². The molecule has 1 aliphatic heterocycles. The van der Waals surface area contributed by atoms with Gasteiger partial charge in [0.15, 0.2) is 23.3 Å². The zero-order valence-corrected chi connectivity index (χ0v) is 16.2. The molecule has 0 radical (unpaired) electrons. The van der Waals surface area contributed by atoms with Crippen LogP contribution in [-0.4, -0.2) is 11.8 Å². The van der Waals surface area contributed by atoms with E-state index in [1.165, 1.54) is 30.3 Å². The number of nitrogens with one attached hydrogen (secondary N) is 1. The number of rotatable bonds is 4. The molecule has 0 aromatic heterocycles. The molecule has 0 bridgehead atoms. The van der Waals surface area contributed by atoms with E-state index < -0.39 is 35.1 Å². The van der Waals surface area contributed by atoms with E-state index >= 15 is 0 Å². The molecule has 3 aromatic carbocycles. The third-order valence-electron chi connectivity index (χ3n) is 4.57. The minimum atomic E-state index is -1.24. The van der Waals surface area contributed by atoms with Gasteiger partial charge in [-0.1, -0.05) is 23.7 Å². The molecule has 1 N–H and O–H groups in total. The van der Waals surface area contributed by atoms with Gasteiger partial charge in [0.2, 0.25) is 0 Å². The van der Waals surface area contributed by atoms with Gasteiger partial charge in [0.05, 0.1) is 11.3 Å². The number of amides is 2. The molecule has 0 atom stereocenters. The van der Waals surface area contributed by atoms with Crippen LogP contribution in [0.3, 0.4) is 0 Å². The SMILES string of the molecule is O=C1C(Nc2ccc(F)c(F)c2)=C(c2ccc(Cl)cc2)C(=O)N1c1ccc(F)c(F)c1. The number of halogens is 5. The topological polar surface area (TPSA) is 49.4 Å². The first-order valence-corrected chi connectivity index (χ1v) is 9.20. The Balaban J connectivity index is 1.83. The molecule has 0 saturated carbocycles. The lowest BCUT2D eigenvalue weighted by molar-refractivity contribution is -0.120. The standard InChI is InChI=1S/C22H11ClF4N2O2/c23-12-3-1-11(2-4-12)19-20(28-13-5-7-15(24)17(26)9-13)22(31)29(21(19)30)14-6-8-16(25)18(27)10-14/h1-10,28H. The van der Waals surface area contributed by atoms with Crippen molar-refractivity contribution in [1.82, 2.24) is 0 Å². The van der Waals surface area contributed by atoms with Gasteiger partial charge < -0.3 is 5.32 Å². The fraction of sp³-hybridized carbons (Fsp3) is 0. The monoisotopic (exact) mass is 446 g/mol. The maximum absolute atomic E-state index is 13.7. The van der Waals surface area contributed by atoms with Gasteiger partial charge in [-0.2, -0.15) is 0 Å². The number of hydrogen-bond acceptors (Lipinski definition) is 3. The molecule has 0 fully saturated rings. The largest absolute Gasteiger partial charge is 0.350 e. The van der Waals surface area contributed by atoms with E-state index in [0.717, 1.165) is 24.3 Å². The molecule has 0 spiro atoms. The summed E-state index contributed by atoms with van der Waals surface area (Å²) in [6.07, 6.45) is 0.